The number of hydrogen-bond acceptors (Lipinski definition) is 4. The fourth-order valence-electron chi connectivity index (χ4n) is 3.43. The van der Waals surface area contributed by atoms with Crippen LogP contribution >= 0.6 is 11.6 Å². The Labute approximate surface area is 179 Å². The highest BCUT2D eigenvalue weighted by Gasteiger charge is 2.49. The number of hydrogen-bond donors (Lipinski definition) is 1. The first-order valence-corrected chi connectivity index (χ1v) is 9.79. The smallest absolute Gasteiger partial charge is 0.281 e. The molecule has 0 saturated carbocycles. The molecule has 152 valence electrons. The molecular formula is C23H20ClN3O3. The van der Waals surface area contributed by atoms with Gasteiger partial charge in [0.1, 0.15) is 11.6 Å². The van der Waals surface area contributed by atoms with Crippen LogP contribution in [0.4, 0.5) is 0 Å². The van der Waals surface area contributed by atoms with E-state index in [1.807, 2.05) is 43.3 Å². The van der Waals surface area contributed by atoms with E-state index < -0.39 is 11.6 Å². The van der Waals surface area contributed by atoms with Crippen molar-refractivity contribution in [2.75, 3.05) is 7.11 Å². The normalized spacial score (nSPS) is 19.8. The number of carbonyl (C=O) groups excluding carboxylic acids is 2. The first kappa shape index (κ1) is 19.9. The molecule has 0 aromatic heterocycles. The minimum absolute atomic E-state index is 0.204. The number of ether oxygens (including phenoxy) is 1. The predicted octanol–water partition coefficient (Wildman–Crippen LogP) is 3.73. The fourth-order valence-corrected chi connectivity index (χ4v) is 3.56. The lowest BCUT2D eigenvalue weighted by molar-refractivity contribution is -0.130. The zero-order valence-corrected chi connectivity index (χ0v) is 17.3. The Morgan fingerprint density at radius 3 is 2.53 bits per heavy atom. The molecule has 2 heterocycles. The van der Waals surface area contributed by atoms with Crippen molar-refractivity contribution in [1.82, 2.24) is 10.2 Å². The molecule has 0 bridgehead atoms. The Bertz CT molecular complexity index is 1090. The van der Waals surface area contributed by atoms with Crippen molar-refractivity contribution < 1.29 is 14.3 Å². The van der Waals surface area contributed by atoms with Gasteiger partial charge < -0.3 is 10.1 Å². The number of allylic oxidation sites excluding steroid dienone is 2. The number of benzene rings is 2. The number of amides is 2. The lowest BCUT2D eigenvalue weighted by Gasteiger charge is -2.27. The van der Waals surface area contributed by atoms with Crippen LogP contribution in [0.15, 0.2) is 77.4 Å². The largest absolute Gasteiger partial charge is 0.497 e. The zero-order valence-electron chi connectivity index (χ0n) is 16.6. The molecule has 0 aliphatic carbocycles. The highest BCUT2D eigenvalue weighted by molar-refractivity contribution is 6.30. The summed E-state index contributed by atoms with van der Waals surface area (Å²) in [7, 11) is 1.59. The van der Waals surface area contributed by atoms with Crippen molar-refractivity contribution in [3.8, 4) is 5.75 Å². The van der Waals surface area contributed by atoms with E-state index in [-0.39, 0.29) is 12.3 Å². The molecule has 6 nitrogen and oxygen atoms in total. The van der Waals surface area contributed by atoms with Gasteiger partial charge in [-0.1, -0.05) is 23.7 Å². The third-order valence-electron chi connectivity index (χ3n) is 5.01. The lowest BCUT2D eigenvalue weighted by atomic mass is 9.98. The summed E-state index contributed by atoms with van der Waals surface area (Å²) < 4.78 is 5.21. The second kappa shape index (κ2) is 7.80. The highest BCUT2D eigenvalue weighted by atomic mass is 35.5. The molecule has 1 atom stereocenters. The van der Waals surface area contributed by atoms with E-state index in [1.165, 1.54) is 4.90 Å². The molecule has 0 fully saturated rings. The van der Waals surface area contributed by atoms with Gasteiger partial charge in [0.2, 0.25) is 5.66 Å². The fraction of sp³-hybridized carbons (Fsp3) is 0.174. The van der Waals surface area contributed by atoms with Gasteiger partial charge in [-0.05, 0) is 66.6 Å². The molecule has 0 saturated heterocycles. The molecular weight excluding hydrogens is 402 g/mol. The van der Waals surface area contributed by atoms with Crippen molar-refractivity contribution in [2.24, 2.45) is 4.99 Å². The van der Waals surface area contributed by atoms with Gasteiger partial charge >= 0.3 is 0 Å². The van der Waals surface area contributed by atoms with Gasteiger partial charge in [0.25, 0.3) is 11.8 Å². The average molecular weight is 422 g/mol. The van der Waals surface area contributed by atoms with Crippen LogP contribution in [0.25, 0.3) is 0 Å². The van der Waals surface area contributed by atoms with Crippen molar-refractivity contribution in [3.05, 3.63) is 88.6 Å². The third-order valence-corrected chi connectivity index (χ3v) is 5.27. The SMILES string of the molecule is COc1ccc(CC2(NC(=O)c3ccc(Cl)cc3)N=C3C=C(C)C=CN3C2=O)cc1. The van der Waals surface area contributed by atoms with Crippen LogP contribution in [0.1, 0.15) is 22.8 Å². The Balaban J connectivity index is 1.71. The van der Waals surface area contributed by atoms with E-state index in [1.54, 1.807) is 37.6 Å². The third kappa shape index (κ3) is 3.74. The number of nitrogens with zero attached hydrogens (tertiary/aromatic N) is 2. The molecule has 1 unspecified atom stereocenters. The summed E-state index contributed by atoms with van der Waals surface area (Å²) in [5.41, 5.74) is 0.761. The molecule has 7 heteroatoms. The van der Waals surface area contributed by atoms with Crippen LogP contribution in [0.3, 0.4) is 0 Å². The number of rotatable bonds is 5. The number of aliphatic imine (C=N–C) groups is 1. The van der Waals surface area contributed by atoms with Gasteiger partial charge in [0.15, 0.2) is 0 Å². The number of fused-ring (bicyclic) bond motifs is 1. The first-order valence-electron chi connectivity index (χ1n) is 9.41. The summed E-state index contributed by atoms with van der Waals surface area (Å²) in [5, 5.41) is 3.40. The van der Waals surface area contributed by atoms with Crippen molar-refractivity contribution in [3.63, 3.8) is 0 Å². The lowest BCUT2D eigenvalue weighted by Crippen LogP contribution is -2.55. The van der Waals surface area contributed by atoms with Crippen molar-refractivity contribution in [2.45, 2.75) is 19.0 Å². The highest BCUT2D eigenvalue weighted by Crippen LogP contribution is 2.29. The monoisotopic (exact) mass is 421 g/mol. The molecule has 4 rings (SSSR count). The Kier molecular flexibility index (Phi) is 5.18. The Morgan fingerprint density at radius 1 is 1.17 bits per heavy atom. The van der Waals surface area contributed by atoms with E-state index in [0.29, 0.717) is 22.2 Å². The number of amidine groups is 1. The number of halogens is 1. The molecule has 2 aliphatic rings. The summed E-state index contributed by atoms with van der Waals surface area (Å²) in [6.07, 6.45) is 5.54. The van der Waals surface area contributed by atoms with Crippen LogP contribution in [0, 0.1) is 0 Å². The molecule has 30 heavy (non-hydrogen) atoms. The van der Waals surface area contributed by atoms with E-state index in [2.05, 4.69) is 10.3 Å². The number of nitrogens with one attached hydrogen (secondary N) is 1. The minimum Gasteiger partial charge on any atom is -0.497 e. The van der Waals surface area contributed by atoms with E-state index in [4.69, 9.17) is 16.3 Å². The summed E-state index contributed by atoms with van der Waals surface area (Å²) in [6.45, 7) is 1.93. The molecule has 2 amide bonds. The molecule has 2 aromatic carbocycles. The summed E-state index contributed by atoms with van der Waals surface area (Å²) in [6, 6.07) is 13.8. The summed E-state index contributed by atoms with van der Waals surface area (Å²) >= 11 is 5.93. The summed E-state index contributed by atoms with van der Waals surface area (Å²) in [5.74, 6) is 0.504. The van der Waals surface area contributed by atoms with Crippen molar-refractivity contribution >= 4 is 29.3 Å². The molecule has 2 aromatic rings. The van der Waals surface area contributed by atoms with Gasteiger partial charge in [-0.25, -0.2) is 4.99 Å². The predicted molar refractivity (Wildman–Crippen MR) is 116 cm³/mol. The number of carbonyl (C=O) groups is 2. The minimum atomic E-state index is -1.45. The Hall–Kier alpha value is -3.38. The van der Waals surface area contributed by atoms with Gasteiger partial charge in [-0.15, -0.1) is 0 Å². The van der Waals surface area contributed by atoms with Crippen molar-refractivity contribution in [1.29, 1.82) is 0 Å². The topological polar surface area (TPSA) is 71.0 Å². The van der Waals surface area contributed by atoms with Gasteiger partial charge in [-0.2, -0.15) is 0 Å². The van der Waals surface area contributed by atoms with Gasteiger partial charge in [0, 0.05) is 23.2 Å². The summed E-state index contributed by atoms with van der Waals surface area (Å²) in [4.78, 5) is 32.5. The van der Waals surface area contributed by atoms with E-state index in [0.717, 1.165) is 11.1 Å². The maximum Gasteiger partial charge on any atom is 0.281 e. The second-order valence-corrected chi connectivity index (χ2v) is 7.63. The van der Waals surface area contributed by atoms with Crippen LogP contribution in [0.2, 0.25) is 5.02 Å². The van der Waals surface area contributed by atoms with E-state index >= 15 is 0 Å². The second-order valence-electron chi connectivity index (χ2n) is 7.20. The maximum absolute atomic E-state index is 13.4. The average Bonchev–Trinajstić information content (AvgIpc) is 2.99. The molecule has 1 N–H and O–H groups in total. The van der Waals surface area contributed by atoms with Gasteiger partial charge in [0.05, 0.1) is 7.11 Å². The Morgan fingerprint density at radius 2 is 1.87 bits per heavy atom. The van der Waals surface area contributed by atoms with Gasteiger partial charge in [-0.3, -0.25) is 14.5 Å². The van der Waals surface area contributed by atoms with Crippen LogP contribution < -0.4 is 10.1 Å². The molecule has 0 spiro atoms. The standard InChI is InChI=1S/C23H20ClN3O3/c1-15-11-12-27-20(13-15)25-23(22(27)29,14-16-3-9-19(30-2)10-4-16)26-21(28)17-5-7-18(24)8-6-17/h3-13H,14H2,1-2H3,(H,26,28). The number of methoxy groups -OCH3 is 1. The van der Waals surface area contributed by atoms with E-state index in [9.17, 15) is 9.59 Å². The maximum atomic E-state index is 13.4. The first-order chi connectivity index (χ1) is 14.4. The van der Waals surface area contributed by atoms with Crippen LogP contribution in [-0.2, 0) is 11.2 Å². The molecule has 0 radical (unpaired) electrons. The quantitative estimate of drug-likeness (QED) is 0.799. The zero-order chi connectivity index (χ0) is 21.3. The molecule has 2 aliphatic heterocycles. The van der Waals surface area contributed by atoms with Crippen LogP contribution in [0.5, 0.6) is 5.75 Å². The van der Waals surface area contributed by atoms with Crippen LogP contribution in [-0.4, -0.2) is 35.3 Å².